The molecule has 0 radical (unpaired) electrons. The summed E-state index contributed by atoms with van der Waals surface area (Å²) in [7, 11) is 0. The van der Waals surface area contributed by atoms with Crippen LogP contribution in [0.2, 0.25) is 0 Å². The summed E-state index contributed by atoms with van der Waals surface area (Å²) in [5.74, 6) is 0.814. The second-order valence-electron chi connectivity index (χ2n) is 4.08. The summed E-state index contributed by atoms with van der Waals surface area (Å²) in [6, 6.07) is 3.57. The number of carbonyl (C=O) groups excluding carboxylic acids is 1. The van der Waals surface area contributed by atoms with Crippen LogP contribution in [0.25, 0.3) is 0 Å². The smallest absolute Gasteiger partial charge is 0.243 e. The lowest BCUT2D eigenvalue weighted by Crippen LogP contribution is -2.28. The molecule has 0 unspecified atom stereocenters. The molecule has 1 aliphatic rings. The van der Waals surface area contributed by atoms with Crippen LogP contribution in [0, 0.1) is 5.92 Å². The average Bonchev–Trinajstić information content (AvgIpc) is 2.83. The SMILES string of the molecule is O=C(N/N=C/c1ccco1)C1CCCCC1. The Morgan fingerprint density at radius 3 is 2.94 bits per heavy atom. The Bertz CT molecular complexity index is 351. The number of hydrogen-bond donors (Lipinski definition) is 1. The van der Waals surface area contributed by atoms with Crippen molar-refractivity contribution < 1.29 is 9.21 Å². The first-order valence-electron chi connectivity index (χ1n) is 5.72. The fraction of sp³-hybridized carbons (Fsp3) is 0.500. The third-order valence-corrected chi connectivity index (χ3v) is 2.89. The standard InChI is InChI=1S/C12H16N2O2/c15-12(10-5-2-1-3-6-10)14-13-9-11-7-4-8-16-11/h4,7-10H,1-3,5-6H2,(H,14,15)/b13-9+. The van der Waals surface area contributed by atoms with Crippen molar-refractivity contribution in [2.24, 2.45) is 11.0 Å². The molecule has 1 heterocycles. The number of nitrogens with zero attached hydrogens (tertiary/aromatic N) is 1. The first-order valence-corrected chi connectivity index (χ1v) is 5.72. The molecule has 1 aliphatic carbocycles. The monoisotopic (exact) mass is 220 g/mol. The first kappa shape index (κ1) is 10.9. The van der Waals surface area contributed by atoms with E-state index in [2.05, 4.69) is 10.5 Å². The minimum Gasteiger partial charge on any atom is -0.463 e. The highest BCUT2D eigenvalue weighted by molar-refractivity contribution is 5.81. The molecule has 0 aliphatic heterocycles. The molecule has 1 fully saturated rings. The van der Waals surface area contributed by atoms with Crippen LogP contribution in [0.15, 0.2) is 27.9 Å². The Balaban J connectivity index is 1.78. The summed E-state index contributed by atoms with van der Waals surface area (Å²) in [5.41, 5.74) is 2.56. The normalized spacial score (nSPS) is 17.8. The van der Waals surface area contributed by atoms with E-state index in [1.165, 1.54) is 12.6 Å². The molecule has 4 nitrogen and oxygen atoms in total. The fourth-order valence-electron chi connectivity index (χ4n) is 1.98. The zero-order valence-electron chi connectivity index (χ0n) is 9.19. The fourth-order valence-corrected chi connectivity index (χ4v) is 1.98. The molecule has 0 spiro atoms. The molecule has 0 atom stereocenters. The highest BCUT2D eigenvalue weighted by Crippen LogP contribution is 2.23. The zero-order valence-corrected chi connectivity index (χ0v) is 9.19. The van der Waals surface area contributed by atoms with Crippen LogP contribution in [-0.2, 0) is 4.79 Å². The molecular weight excluding hydrogens is 204 g/mol. The minimum atomic E-state index is 0.0301. The van der Waals surface area contributed by atoms with Crippen molar-refractivity contribution in [3.05, 3.63) is 24.2 Å². The topological polar surface area (TPSA) is 54.6 Å². The Morgan fingerprint density at radius 1 is 1.44 bits per heavy atom. The van der Waals surface area contributed by atoms with Gasteiger partial charge >= 0.3 is 0 Å². The van der Waals surface area contributed by atoms with E-state index < -0.39 is 0 Å². The number of hydrogen-bond acceptors (Lipinski definition) is 3. The van der Waals surface area contributed by atoms with Gasteiger partial charge in [0.25, 0.3) is 0 Å². The molecule has 0 bridgehead atoms. The number of nitrogens with one attached hydrogen (secondary N) is 1. The number of hydrazone groups is 1. The minimum absolute atomic E-state index is 0.0301. The summed E-state index contributed by atoms with van der Waals surface area (Å²) in [6.45, 7) is 0. The molecule has 16 heavy (non-hydrogen) atoms. The predicted molar refractivity (Wildman–Crippen MR) is 61.0 cm³/mol. The maximum absolute atomic E-state index is 11.7. The molecular formula is C12H16N2O2. The quantitative estimate of drug-likeness (QED) is 0.627. The van der Waals surface area contributed by atoms with Gasteiger partial charge in [-0.3, -0.25) is 4.79 Å². The molecule has 0 aromatic carbocycles. The van der Waals surface area contributed by atoms with Gasteiger partial charge in [-0.2, -0.15) is 5.10 Å². The van der Waals surface area contributed by atoms with Gasteiger partial charge < -0.3 is 4.42 Å². The van der Waals surface area contributed by atoms with Crippen molar-refractivity contribution >= 4 is 12.1 Å². The van der Waals surface area contributed by atoms with Crippen LogP contribution in [0.1, 0.15) is 37.9 Å². The second-order valence-corrected chi connectivity index (χ2v) is 4.08. The number of carbonyl (C=O) groups is 1. The van der Waals surface area contributed by atoms with Gasteiger partial charge in [0.1, 0.15) is 5.76 Å². The predicted octanol–water partition coefficient (Wildman–Crippen LogP) is 2.31. The molecule has 1 amide bonds. The van der Waals surface area contributed by atoms with Gasteiger partial charge in [0.15, 0.2) is 0 Å². The van der Waals surface area contributed by atoms with E-state index in [0.29, 0.717) is 5.76 Å². The molecule has 2 rings (SSSR count). The number of amides is 1. The largest absolute Gasteiger partial charge is 0.463 e. The lowest BCUT2D eigenvalue weighted by atomic mass is 9.89. The highest BCUT2D eigenvalue weighted by Gasteiger charge is 2.20. The van der Waals surface area contributed by atoms with E-state index >= 15 is 0 Å². The van der Waals surface area contributed by atoms with Gasteiger partial charge in [0, 0.05) is 5.92 Å². The van der Waals surface area contributed by atoms with Crippen LogP contribution in [0.4, 0.5) is 0 Å². The van der Waals surface area contributed by atoms with E-state index in [1.54, 1.807) is 18.4 Å². The second kappa shape index (κ2) is 5.49. The molecule has 86 valence electrons. The Hall–Kier alpha value is -1.58. The van der Waals surface area contributed by atoms with E-state index in [1.807, 2.05) is 0 Å². The van der Waals surface area contributed by atoms with Gasteiger partial charge in [0.05, 0.1) is 12.5 Å². The lowest BCUT2D eigenvalue weighted by molar-refractivity contribution is -0.125. The zero-order chi connectivity index (χ0) is 11.2. The summed E-state index contributed by atoms with van der Waals surface area (Å²) < 4.78 is 5.06. The van der Waals surface area contributed by atoms with Gasteiger partial charge in [-0.15, -0.1) is 0 Å². The van der Waals surface area contributed by atoms with Crippen LogP contribution in [-0.4, -0.2) is 12.1 Å². The molecule has 1 aromatic rings. The number of furan rings is 1. The van der Waals surface area contributed by atoms with Gasteiger partial charge in [-0.1, -0.05) is 19.3 Å². The van der Waals surface area contributed by atoms with Gasteiger partial charge in [-0.05, 0) is 25.0 Å². The maximum Gasteiger partial charge on any atom is 0.243 e. The highest BCUT2D eigenvalue weighted by atomic mass is 16.3. The molecule has 1 saturated carbocycles. The maximum atomic E-state index is 11.7. The van der Waals surface area contributed by atoms with Crippen molar-refractivity contribution in [2.75, 3.05) is 0 Å². The summed E-state index contributed by atoms with van der Waals surface area (Å²) >= 11 is 0. The third-order valence-electron chi connectivity index (χ3n) is 2.89. The van der Waals surface area contributed by atoms with E-state index in [-0.39, 0.29) is 11.8 Å². The molecule has 1 aromatic heterocycles. The van der Waals surface area contributed by atoms with Crippen LogP contribution in [0.3, 0.4) is 0 Å². The van der Waals surface area contributed by atoms with E-state index in [9.17, 15) is 4.79 Å². The molecule has 4 heteroatoms. The lowest BCUT2D eigenvalue weighted by Gasteiger charge is -2.19. The van der Waals surface area contributed by atoms with Crippen molar-refractivity contribution in [3.8, 4) is 0 Å². The summed E-state index contributed by atoms with van der Waals surface area (Å²) in [4.78, 5) is 11.7. The van der Waals surface area contributed by atoms with Gasteiger partial charge in [0.2, 0.25) is 5.91 Å². The number of rotatable bonds is 3. The van der Waals surface area contributed by atoms with Crippen molar-refractivity contribution in [1.29, 1.82) is 0 Å². The van der Waals surface area contributed by atoms with Crippen LogP contribution >= 0.6 is 0 Å². The summed E-state index contributed by atoms with van der Waals surface area (Å²) in [5, 5.41) is 3.87. The van der Waals surface area contributed by atoms with Crippen molar-refractivity contribution in [1.82, 2.24) is 5.43 Å². The molecule has 1 N–H and O–H groups in total. The van der Waals surface area contributed by atoms with Crippen molar-refractivity contribution in [2.45, 2.75) is 32.1 Å². The van der Waals surface area contributed by atoms with Gasteiger partial charge in [-0.25, -0.2) is 5.43 Å². The van der Waals surface area contributed by atoms with E-state index in [0.717, 1.165) is 25.7 Å². The van der Waals surface area contributed by atoms with Crippen molar-refractivity contribution in [3.63, 3.8) is 0 Å². The summed E-state index contributed by atoms with van der Waals surface area (Å²) in [6.07, 6.45) is 8.62. The average molecular weight is 220 g/mol. The Labute approximate surface area is 94.7 Å². The Morgan fingerprint density at radius 2 is 2.25 bits per heavy atom. The van der Waals surface area contributed by atoms with Crippen LogP contribution < -0.4 is 5.43 Å². The van der Waals surface area contributed by atoms with Crippen LogP contribution in [0.5, 0.6) is 0 Å². The Kier molecular flexibility index (Phi) is 3.75. The third kappa shape index (κ3) is 2.95. The first-order chi connectivity index (χ1) is 7.86. The van der Waals surface area contributed by atoms with E-state index in [4.69, 9.17) is 4.42 Å². The molecule has 0 saturated heterocycles.